The van der Waals surface area contributed by atoms with Crippen molar-refractivity contribution in [3.8, 4) is 17.1 Å². The first-order valence-corrected chi connectivity index (χ1v) is 17.4. The van der Waals surface area contributed by atoms with Gasteiger partial charge in [0.25, 0.3) is 21.8 Å². The predicted molar refractivity (Wildman–Crippen MR) is 187 cm³/mol. The van der Waals surface area contributed by atoms with Gasteiger partial charge in [0, 0.05) is 43.4 Å². The number of carbonyl (C=O) groups excluding carboxylic acids is 2. The van der Waals surface area contributed by atoms with Crippen molar-refractivity contribution in [1.82, 2.24) is 19.8 Å². The minimum absolute atomic E-state index is 0.0791. The maximum atomic E-state index is 14.3. The average Bonchev–Trinajstić information content (AvgIpc) is 3.02. The molecule has 11 heteroatoms. The number of rotatable bonds is 6. The lowest BCUT2D eigenvalue weighted by molar-refractivity contribution is 0.0540. The Kier molecular flexibility index (Phi) is 9.91. The standard InChI is InChI=1S/C37H43N5O5S/c1-24-10-8-11-25(2)33(24)31-21-32-39-36(38-31)40-48(45,46)30-13-9-12-28(20-30)35(44)42(29(23-47-32)22-37(3,4)5)19-18-26-14-16-27(17-15-26)34(43)41(6)7/h8-17,20-21,29H,18-19,22-23H2,1-7H3,(H,38,39,40)/t29-/m1/s1. The van der Waals surface area contributed by atoms with Crippen LogP contribution in [0.4, 0.5) is 5.95 Å². The molecule has 0 spiro atoms. The number of carbonyl (C=O) groups is 2. The Morgan fingerprint density at radius 1 is 0.979 bits per heavy atom. The highest BCUT2D eigenvalue weighted by atomic mass is 32.2. The number of nitrogens with zero attached hydrogens (tertiary/aromatic N) is 4. The van der Waals surface area contributed by atoms with E-state index in [4.69, 9.17) is 4.74 Å². The molecule has 0 radical (unpaired) electrons. The van der Waals surface area contributed by atoms with Gasteiger partial charge >= 0.3 is 0 Å². The van der Waals surface area contributed by atoms with Gasteiger partial charge in [0.2, 0.25) is 11.8 Å². The highest BCUT2D eigenvalue weighted by Crippen LogP contribution is 2.31. The summed E-state index contributed by atoms with van der Waals surface area (Å²) < 4.78 is 36.2. The molecule has 2 heterocycles. The minimum atomic E-state index is -4.17. The Bertz CT molecular complexity index is 1910. The van der Waals surface area contributed by atoms with Gasteiger partial charge in [-0.15, -0.1) is 0 Å². The monoisotopic (exact) mass is 669 g/mol. The van der Waals surface area contributed by atoms with Gasteiger partial charge in [0.15, 0.2) is 0 Å². The van der Waals surface area contributed by atoms with Crippen LogP contribution in [0.25, 0.3) is 11.3 Å². The molecule has 1 aromatic heterocycles. The van der Waals surface area contributed by atoms with Crippen LogP contribution in [-0.4, -0.2) is 73.3 Å². The van der Waals surface area contributed by atoms with Gasteiger partial charge < -0.3 is 14.5 Å². The third kappa shape index (κ3) is 8.02. The number of nitrogens with one attached hydrogen (secondary N) is 1. The molecule has 48 heavy (non-hydrogen) atoms. The van der Waals surface area contributed by atoms with Crippen LogP contribution in [0.15, 0.2) is 77.7 Å². The van der Waals surface area contributed by atoms with Crippen LogP contribution < -0.4 is 9.46 Å². The summed E-state index contributed by atoms with van der Waals surface area (Å²) in [5.41, 5.74) is 4.93. The largest absolute Gasteiger partial charge is 0.475 e. The second kappa shape index (κ2) is 13.8. The fraction of sp³-hybridized carbons (Fsp3) is 0.351. The summed E-state index contributed by atoms with van der Waals surface area (Å²) in [5, 5.41) is 0. The summed E-state index contributed by atoms with van der Waals surface area (Å²) in [6.45, 7) is 10.7. The molecule has 0 unspecified atom stereocenters. The first kappa shape index (κ1) is 34.6. The van der Waals surface area contributed by atoms with E-state index in [9.17, 15) is 18.0 Å². The molecule has 0 aliphatic carbocycles. The number of anilines is 1. The molecule has 5 rings (SSSR count). The first-order valence-electron chi connectivity index (χ1n) is 15.9. The second-order valence-electron chi connectivity index (χ2n) is 13.7. The topological polar surface area (TPSA) is 122 Å². The fourth-order valence-electron chi connectivity index (χ4n) is 5.95. The van der Waals surface area contributed by atoms with Gasteiger partial charge in [0.05, 0.1) is 16.6 Å². The second-order valence-corrected chi connectivity index (χ2v) is 15.4. The Morgan fingerprint density at radius 2 is 1.65 bits per heavy atom. The van der Waals surface area contributed by atoms with Crippen LogP contribution in [0.1, 0.15) is 64.6 Å². The average molecular weight is 670 g/mol. The van der Waals surface area contributed by atoms with Crippen molar-refractivity contribution >= 4 is 27.8 Å². The van der Waals surface area contributed by atoms with Gasteiger partial charge in [-0.3, -0.25) is 9.59 Å². The number of hydrogen-bond donors (Lipinski definition) is 1. The summed E-state index contributed by atoms with van der Waals surface area (Å²) in [6, 6.07) is 20.6. The van der Waals surface area contributed by atoms with Gasteiger partial charge in [0.1, 0.15) is 6.61 Å². The van der Waals surface area contributed by atoms with Crippen LogP contribution in [0, 0.1) is 19.3 Å². The van der Waals surface area contributed by atoms with E-state index in [0.29, 0.717) is 30.6 Å². The van der Waals surface area contributed by atoms with Crippen LogP contribution in [0.3, 0.4) is 0 Å². The van der Waals surface area contributed by atoms with Crippen molar-refractivity contribution in [2.75, 3.05) is 32.0 Å². The molecule has 4 aromatic rings. The molecule has 3 aromatic carbocycles. The maximum absolute atomic E-state index is 14.3. The normalized spacial score (nSPS) is 16.1. The molecule has 0 fully saturated rings. The van der Waals surface area contributed by atoms with Crippen LogP contribution in [0.2, 0.25) is 0 Å². The van der Waals surface area contributed by atoms with Crippen LogP contribution >= 0.6 is 0 Å². The van der Waals surface area contributed by atoms with Gasteiger partial charge in [-0.05, 0) is 79.1 Å². The van der Waals surface area contributed by atoms with E-state index in [1.54, 1.807) is 49.3 Å². The predicted octanol–water partition coefficient (Wildman–Crippen LogP) is 6.15. The minimum Gasteiger partial charge on any atom is -0.475 e. The molecule has 1 aliphatic heterocycles. The van der Waals surface area contributed by atoms with E-state index < -0.39 is 10.0 Å². The number of aryl methyl sites for hydroxylation is 2. The van der Waals surface area contributed by atoms with Crippen LogP contribution in [-0.2, 0) is 16.4 Å². The molecule has 1 atom stereocenters. The summed E-state index contributed by atoms with van der Waals surface area (Å²) in [4.78, 5) is 39.0. The third-order valence-corrected chi connectivity index (χ3v) is 9.60. The molecule has 2 amide bonds. The Morgan fingerprint density at radius 3 is 2.29 bits per heavy atom. The molecule has 1 N–H and O–H groups in total. The Labute approximate surface area is 283 Å². The highest BCUT2D eigenvalue weighted by Gasteiger charge is 2.31. The number of benzene rings is 3. The zero-order chi connectivity index (χ0) is 34.8. The fourth-order valence-corrected chi connectivity index (χ4v) is 6.94. The molecular formula is C37H43N5O5S. The van der Waals surface area contributed by atoms with E-state index in [2.05, 4.69) is 35.5 Å². The number of amides is 2. The SMILES string of the molecule is Cc1cccc(C)c1-c1cc2nc(n1)NS(=O)(=O)c1cccc(c1)C(=O)N(CCc1ccc(C(=O)N(C)C)cc1)[C@H](CC(C)(C)C)CO2. The van der Waals surface area contributed by atoms with Gasteiger partial charge in [-0.1, -0.05) is 57.2 Å². The summed E-state index contributed by atoms with van der Waals surface area (Å²) in [6.07, 6.45) is 1.11. The molecule has 252 valence electrons. The highest BCUT2D eigenvalue weighted by molar-refractivity contribution is 7.92. The maximum Gasteiger partial charge on any atom is 0.264 e. The molecule has 1 aliphatic rings. The van der Waals surface area contributed by atoms with Gasteiger partial charge in [-0.25, -0.2) is 18.1 Å². The number of aromatic nitrogens is 2. The van der Waals surface area contributed by atoms with Crippen molar-refractivity contribution in [3.05, 3.63) is 101 Å². The molecule has 0 saturated carbocycles. The van der Waals surface area contributed by atoms with Crippen LogP contribution in [0.5, 0.6) is 5.88 Å². The summed E-state index contributed by atoms with van der Waals surface area (Å²) in [5.74, 6) is -0.325. The van der Waals surface area contributed by atoms with Gasteiger partial charge in [-0.2, -0.15) is 4.98 Å². The lowest BCUT2D eigenvalue weighted by Gasteiger charge is -2.36. The smallest absolute Gasteiger partial charge is 0.264 e. The molecule has 0 saturated heterocycles. The van der Waals surface area contributed by atoms with Crippen molar-refractivity contribution in [2.45, 2.75) is 58.4 Å². The number of ether oxygens (including phenoxy) is 1. The zero-order valence-electron chi connectivity index (χ0n) is 28.6. The van der Waals surface area contributed by atoms with Crippen molar-refractivity contribution < 1.29 is 22.7 Å². The molecule has 4 bridgehead atoms. The van der Waals surface area contributed by atoms with E-state index in [-0.39, 0.29) is 52.2 Å². The van der Waals surface area contributed by atoms with E-state index in [1.807, 2.05) is 44.2 Å². The molecule has 10 nitrogen and oxygen atoms in total. The van der Waals surface area contributed by atoms with E-state index in [1.165, 1.54) is 17.0 Å². The van der Waals surface area contributed by atoms with Crippen molar-refractivity contribution in [1.29, 1.82) is 0 Å². The quantitative estimate of drug-likeness (QED) is 0.262. The van der Waals surface area contributed by atoms with Crippen molar-refractivity contribution in [3.63, 3.8) is 0 Å². The summed E-state index contributed by atoms with van der Waals surface area (Å²) >= 11 is 0. The number of fused-ring (bicyclic) bond motifs is 4. The Balaban J connectivity index is 1.59. The summed E-state index contributed by atoms with van der Waals surface area (Å²) in [7, 11) is -0.747. The third-order valence-electron chi connectivity index (χ3n) is 8.28. The molecular weight excluding hydrogens is 627 g/mol. The number of sulfonamides is 1. The zero-order valence-corrected chi connectivity index (χ0v) is 29.4. The van der Waals surface area contributed by atoms with Crippen molar-refractivity contribution in [2.24, 2.45) is 5.41 Å². The number of hydrogen-bond acceptors (Lipinski definition) is 7. The first-order chi connectivity index (χ1) is 22.6. The lowest BCUT2D eigenvalue weighted by atomic mass is 9.87. The Hall–Kier alpha value is -4.77. The van der Waals surface area contributed by atoms with E-state index in [0.717, 1.165) is 22.3 Å². The lowest BCUT2D eigenvalue weighted by Crippen LogP contribution is -2.46. The van der Waals surface area contributed by atoms with E-state index >= 15 is 0 Å².